The van der Waals surface area contributed by atoms with E-state index in [0.29, 0.717) is 0 Å². The van der Waals surface area contributed by atoms with Gasteiger partial charge in [-0.05, 0) is 0 Å². The lowest BCUT2D eigenvalue weighted by Crippen LogP contribution is -2.20. The molecule has 0 spiro atoms. The van der Waals surface area contributed by atoms with Gasteiger partial charge in [-0.2, -0.15) is 5.53 Å². The van der Waals surface area contributed by atoms with Crippen molar-refractivity contribution in [3.63, 3.8) is 0 Å². The molecule has 0 rings (SSSR count). The maximum Gasteiger partial charge on any atom is 0.128 e. The first-order valence-electron chi connectivity index (χ1n) is 2.83. The number of hydrogen-bond acceptors (Lipinski definition) is 2. The van der Waals surface area contributed by atoms with Crippen LogP contribution in [0.15, 0.2) is 10.3 Å². The van der Waals surface area contributed by atoms with Gasteiger partial charge in [0.2, 0.25) is 0 Å². The fourth-order valence-corrected chi connectivity index (χ4v) is 0.534. The first-order valence-corrected chi connectivity index (χ1v) is 2.83. The molecule has 0 amide bonds. The first kappa shape index (κ1) is 8.07. The molecule has 52 valence electrons. The Bertz CT molecular complexity index is 116. The van der Waals surface area contributed by atoms with Crippen molar-refractivity contribution in [2.24, 2.45) is 10.3 Å². The summed E-state index contributed by atoms with van der Waals surface area (Å²) in [6.45, 7) is 1.98. The summed E-state index contributed by atoms with van der Waals surface area (Å²) in [6.07, 6.45) is 0.815. The van der Waals surface area contributed by atoms with Gasteiger partial charge in [0.1, 0.15) is 5.84 Å². The Labute approximate surface area is 55.1 Å². The maximum absolute atomic E-state index is 6.44. The second kappa shape index (κ2) is 4.00. The number of rotatable bonds is 2. The summed E-state index contributed by atoms with van der Waals surface area (Å²) < 4.78 is 0. The highest BCUT2D eigenvalue weighted by Gasteiger charge is 1.95. The molecule has 0 aliphatic carbocycles. The normalized spacial score (nSPS) is 11.2. The molecule has 0 aromatic carbocycles. The van der Waals surface area contributed by atoms with Crippen LogP contribution < -0.4 is 0 Å². The Hall–Kier alpha value is -0.930. The number of nitrogens with zero attached hydrogens (tertiary/aromatic N) is 3. The molecule has 0 aromatic rings. The van der Waals surface area contributed by atoms with E-state index >= 15 is 0 Å². The molecule has 4 nitrogen and oxygen atoms in total. The number of nitrogens with one attached hydrogen (secondary N) is 1. The van der Waals surface area contributed by atoms with Gasteiger partial charge in [0.05, 0.1) is 0 Å². The fraction of sp³-hybridized carbons (Fsp3) is 0.800. The first-order chi connectivity index (χ1) is 4.22. The fourth-order valence-electron chi connectivity index (χ4n) is 0.534. The van der Waals surface area contributed by atoms with Gasteiger partial charge in [0.15, 0.2) is 0 Å². The van der Waals surface area contributed by atoms with Crippen molar-refractivity contribution in [1.82, 2.24) is 4.90 Å². The Morgan fingerprint density at radius 2 is 2.11 bits per heavy atom. The largest absolute Gasteiger partial charge is 0.365 e. The molecule has 9 heavy (non-hydrogen) atoms. The van der Waals surface area contributed by atoms with Crippen molar-refractivity contribution >= 4 is 5.84 Å². The van der Waals surface area contributed by atoms with Crippen molar-refractivity contribution < 1.29 is 0 Å². The lowest BCUT2D eigenvalue weighted by molar-refractivity contribution is 0.601. The Balaban J connectivity index is 3.96. The van der Waals surface area contributed by atoms with E-state index in [-0.39, 0.29) is 0 Å². The highest BCUT2D eigenvalue weighted by molar-refractivity contribution is 5.81. The molecular weight excluding hydrogens is 116 g/mol. The Morgan fingerprint density at radius 1 is 1.56 bits per heavy atom. The average Bonchev–Trinajstić information content (AvgIpc) is 1.82. The molecular formula is C5H12N4. The lowest BCUT2D eigenvalue weighted by Gasteiger charge is -2.10. The smallest absolute Gasteiger partial charge is 0.128 e. The summed E-state index contributed by atoms with van der Waals surface area (Å²) >= 11 is 0. The quantitative estimate of drug-likeness (QED) is 0.259. The summed E-state index contributed by atoms with van der Waals surface area (Å²) in [6, 6.07) is 0. The SMILES string of the molecule is CC/C(=N/N=N)N(C)C. The van der Waals surface area contributed by atoms with Crippen LogP contribution in [0, 0.1) is 5.53 Å². The molecule has 0 bridgehead atoms. The second-order valence-corrected chi connectivity index (χ2v) is 1.86. The minimum Gasteiger partial charge on any atom is -0.365 e. The molecule has 0 fully saturated rings. The van der Waals surface area contributed by atoms with E-state index in [4.69, 9.17) is 5.53 Å². The predicted molar refractivity (Wildman–Crippen MR) is 36.6 cm³/mol. The molecule has 0 aliphatic heterocycles. The van der Waals surface area contributed by atoms with Crippen molar-refractivity contribution in [3.05, 3.63) is 0 Å². The van der Waals surface area contributed by atoms with Crippen LogP contribution in [0.25, 0.3) is 0 Å². The molecule has 0 saturated heterocycles. The molecule has 0 radical (unpaired) electrons. The zero-order chi connectivity index (χ0) is 7.28. The van der Waals surface area contributed by atoms with E-state index in [0.717, 1.165) is 12.3 Å². The van der Waals surface area contributed by atoms with Gasteiger partial charge in [-0.25, -0.2) is 0 Å². The van der Waals surface area contributed by atoms with Gasteiger partial charge in [-0.1, -0.05) is 12.1 Å². The predicted octanol–water partition coefficient (Wildman–Crippen LogP) is 1.30. The Morgan fingerprint density at radius 3 is 2.22 bits per heavy atom. The van der Waals surface area contributed by atoms with E-state index in [2.05, 4.69) is 10.3 Å². The average molecular weight is 128 g/mol. The zero-order valence-corrected chi connectivity index (χ0v) is 6.05. The van der Waals surface area contributed by atoms with Crippen LogP contribution in [-0.4, -0.2) is 24.8 Å². The standard InChI is InChI=1S/C5H12N4/c1-4-5(7-8-6)9(2)3/h6H,4H2,1-3H3/b7-5-,8-6?. The summed E-state index contributed by atoms with van der Waals surface area (Å²) in [5.41, 5.74) is 6.44. The van der Waals surface area contributed by atoms with Gasteiger partial charge in [-0.3, -0.25) is 0 Å². The Kier molecular flexibility index (Phi) is 3.59. The zero-order valence-electron chi connectivity index (χ0n) is 6.05. The van der Waals surface area contributed by atoms with Gasteiger partial charge in [0.25, 0.3) is 0 Å². The third-order valence-corrected chi connectivity index (χ3v) is 0.998. The van der Waals surface area contributed by atoms with Crippen LogP contribution in [-0.2, 0) is 0 Å². The molecule has 0 aromatic heterocycles. The highest BCUT2D eigenvalue weighted by Crippen LogP contribution is 1.89. The number of hydrogen-bond donors (Lipinski definition) is 1. The molecule has 0 atom stereocenters. The molecule has 0 aliphatic rings. The lowest BCUT2D eigenvalue weighted by atomic mass is 10.4. The third-order valence-electron chi connectivity index (χ3n) is 0.998. The molecule has 0 heterocycles. The van der Waals surface area contributed by atoms with Crippen molar-refractivity contribution in [2.45, 2.75) is 13.3 Å². The molecule has 0 saturated carbocycles. The van der Waals surface area contributed by atoms with Crippen molar-refractivity contribution in [1.29, 1.82) is 5.53 Å². The van der Waals surface area contributed by atoms with Crippen molar-refractivity contribution in [3.8, 4) is 0 Å². The van der Waals surface area contributed by atoms with Crippen LogP contribution in [0.3, 0.4) is 0 Å². The van der Waals surface area contributed by atoms with Crippen LogP contribution in [0.4, 0.5) is 0 Å². The second-order valence-electron chi connectivity index (χ2n) is 1.86. The van der Waals surface area contributed by atoms with E-state index in [1.165, 1.54) is 0 Å². The minimum absolute atomic E-state index is 0.815. The van der Waals surface area contributed by atoms with E-state index in [1.54, 1.807) is 0 Å². The van der Waals surface area contributed by atoms with Crippen LogP contribution in [0.1, 0.15) is 13.3 Å². The highest BCUT2D eigenvalue weighted by atomic mass is 15.3. The molecule has 0 unspecified atom stereocenters. The third kappa shape index (κ3) is 2.79. The van der Waals surface area contributed by atoms with Gasteiger partial charge >= 0.3 is 0 Å². The maximum atomic E-state index is 6.44. The summed E-state index contributed by atoms with van der Waals surface area (Å²) in [5.74, 6) is 0.824. The molecule has 4 heteroatoms. The topological polar surface area (TPSA) is 51.8 Å². The number of amidine groups is 1. The van der Waals surface area contributed by atoms with E-state index < -0.39 is 0 Å². The van der Waals surface area contributed by atoms with Gasteiger partial charge in [0, 0.05) is 20.5 Å². The monoisotopic (exact) mass is 128 g/mol. The molecule has 1 N–H and O–H groups in total. The summed E-state index contributed by atoms with van der Waals surface area (Å²) in [7, 11) is 3.76. The van der Waals surface area contributed by atoms with Gasteiger partial charge < -0.3 is 4.90 Å². The van der Waals surface area contributed by atoms with Gasteiger partial charge in [-0.15, -0.1) is 5.10 Å². The summed E-state index contributed by atoms with van der Waals surface area (Å²) in [5, 5.41) is 6.50. The van der Waals surface area contributed by atoms with E-state index in [1.807, 2.05) is 25.9 Å². The van der Waals surface area contributed by atoms with Crippen LogP contribution in [0.5, 0.6) is 0 Å². The minimum atomic E-state index is 0.815. The van der Waals surface area contributed by atoms with Crippen LogP contribution in [0.2, 0.25) is 0 Å². The summed E-state index contributed by atoms with van der Waals surface area (Å²) in [4.78, 5) is 1.85. The van der Waals surface area contributed by atoms with Crippen LogP contribution >= 0.6 is 0 Å². The van der Waals surface area contributed by atoms with E-state index in [9.17, 15) is 0 Å². The van der Waals surface area contributed by atoms with Crippen molar-refractivity contribution in [2.75, 3.05) is 14.1 Å².